The third-order valence-electron chi connectivity index (χ3n) is 3.88. The lowest BCUT2D eigenvalue weighted by atomic mass is 9.86. The SMILES string of the molecule is CC(NC(=O)Cn1nccc1C(=O)O)c1ccc(C(C)(C)C)cc1. The summed E-state index contributed by atoms with van der Waals surface area (Å²) >= 11 is 0. The van der Waals surface area contributed by atoms with E-state index in [0.29, 0.717) is 0 Å². The van der Waals surface area contributed by atoms with Crippen molar-refractivity contribution in [3.8, 4) is 0 Å². The van der Waals surface area contributed by atoms with Crippen molar-refractivity contribution in [2.45, 2.75) is 45.7 Å². The second-order valence-electron chi connectivity index (χ2n) is 6.84. The number of nitrogens with one attached hydrogen (secondary N) is 1. The Morgan fingerprint density at radius 2 is 1.83 bits per heavy atom. The summed E-state index contributed by atoms with van der Waals surface area (Å²) in [7, 11) is 0. The van der Waals surface area contributed by atoms with Crippen molar-refractivity contribution in [2.75, 3.05) is 0 Å². The topological polar surface area (TPSA) is 84.2 Å². The number of carbonyl (C=O) groups is 2. The van der Waals surface area contributed by atoms with Gasteiger partial charge in [-0.15, -0.1) is 0 Å². The standard InChI is InChI=1S/C18H23N3O3/c1-12(13-5-7-14(8-6-13)18(2,3)4)20-16(22)11-21-15(17(23)24)9-10-19-21/h5-10,12H,11H2,1-4H3,(H,20,22)(H,23,24). The number of hydrogen-bond acceptors (Lipinski definition) is 3. The van der Waals surface area contributed by atoms with Crippen molar-refractivity contribution in [2.24, 2.45) is 0 Å². The Morgan fingerprint density at radius 3 is 2.38 bits per heavy atom. The summed E-state index contributed by atoms with van der Waals surface area (Å²) in [5, 5.41) is 15.8. The van der Waals surface area contributed by atoms with Crippen molar-refractivity contribution >= 4 is 11.9 Å². The Labute approximate surface area is 141 Å². The molecule has 0 aliphatic heterocycles. The molecule has 0 saturated carbocycles. The number of carbonyl (C=O) groups excluding carboxylic acids is 1. The molecular formula is C18H23N3O3. The zero-order valence-corrected chi connectivity index (χ0v) is 14.4. The average molecular weight is 329 g/mol. The van der Waals surface area contributed by atoms with Gasteiger partial charge in [-0.05, 0) is 29.5 Å². The van der Waals surface area contributed by atoms with Crippen LogP contribution in [-0.4, -0.2) is 26.8 Å². The molecule has 128 valence electrons. The van der Waals surface area contributed by atoms with Gasteiger partial charge in [0.15, 0.2) is 0 Å². The summed E-state index contributed by atoms with van der Waals surface area (Å²) < 4.78 is 1.17. The maximum atomic E-state index is 12.1. The first-order valence-electron chi connectivity index (χ1n) is 7.83. The summed E-state index contributed by atoms with van der Waals surface area (Å²) in [5.41, 5.74) is 2.30. The fourth-order valence-corrected chi connectivity index (χ4v) is 2.42. The minimum atomic E-state index is -1.11. The first-order chi connectivity index (χ1) is 11.2. The lowest BCUT2D eigenvalue weighted by Gasteiger charge is -2.20. The van der Waals surface area contributed by atoms with E-state index >= 15 is 0 Å². The van der Waals surface area contributed by atoms with Gasteiger partial charge in [-0.3, -0.25) is 4.79 Å². The predicted molar refractivity (Wildman–Crippen MR) is 90.9 cm³/mol. The summed E-state index contributed by atoms with van der Waals surface area (Å²) in [6.07, 6.45) is 1.37. The second kappa shape index (κ2) is 6.86. The van der Waals surface area contributed by atoms with Gasteiger partial charge in [0.1, 0.15) is 12.2 Å². The first-order valence-corrected chi connectivity index (χ1v) is 7.83. The maximum Gasteiger partial charge on any atom is 0.354 e. The Balaban J connectivity index is 2.01. The zero-order valence-electron chi connectivity index (χ0n) is 14.4. The molecule has 1 aromatic heterocycles. The number of aromatic nitrogens is 2. The molecular weight excluding hydrogens is 306 g/mol. The largest absolute Gasteiger partial charge is 0.477 e. The van der Waals surface area contributed by atoms with E-state index in [-0.39, 0.29) is 29.6 Å². The minimum Gasteiger partial charge on any atom is -0.477 e. The van der Waals surface area contributed by atoms with Crippen LogP contribution < -0.4 is 5.32 Å². The number of aromatic carboxylic acids is 1. The van der Waals surface area contributed by atoms with E-state index < -0.39 is 5.97 Å². The van der Waals surface area contributed by atoms with Gasteiger partial charge in [0.25, 0.3) is 0 Å². The lowest BCUT2D eigenvalue weighted by Crippen LogP contribution is -2.31. The molecule has 1 unspecified atom stereocenters. The summed E-state index contributed by atoms with van der Waals surface area (Å²) in [4.78, 5) is 23.2. The van der Waals surface area contributed by atoms with Gasteiger partial charge >= 0.3 is 5.97 Å². The first kappa shape index (κ1) is 17.7. The van der Waals surface area contributed by atoms with Crippen molar-refractivity contribution in [3.05, 3.63) is 53.3 Å². The molecule has 6 heteroatoms. The fraction of sp³-hybridized carbons (Fsp3) is 0.389. The number of rotatable bonds is 5. The highest BCUT2D eigenvalue weighted by molar-refractivity contribution is 5.86. The highest BCUT2D eigenvalue weighted by atomic mass is 16.4. The molecule has 0 radical (unpaired) electrons. The highest BCUT2D eigenvalue weighted by Gasteiger charge is 2.17. The van der Waals surface area contributed by atoms with Crippen molar-refractivity contribution in [3.63, 3.8) is 0 Å². The van der Waals surface area contributed by atoms with Crippen LogP contribution in [-0.2, 0) is 16.8 Å². The van der Waals surface area contributed by atoms with E-state index in [2.05, 4.69) is 43.3 Å². The number of carboxylic acids is 1. The fourth-order valence-electron chi connectivity index (χ4n) is 2.42. The molecule has 6 nitrogen and oxygen atoms in total. The molecule has 2 N–H and O–H groups in total. The molecule has 0 spiro atoms. The quantitative estimate of drug-likeness (QED) is 0.883. The molecule has 0 fully saturated rings. The van der Waals surface area contributed by atoms with Gasteiger partial charge in [0.05, 0.1) is 6.04 Å². The van der Waals surface area contributed by atoms with Crippen LogP contribution in [0.1, 0.15) is 55.4 Å². The third kappa shape index (κ3) is 4.22. The van der Waals surface area contributed by atoms with Crippen LogP contribution in [0.25, 0.3) is 0 Å². The van der Waals surface area contributed by atoms with Crippen molar-refractivity contribution in [1.29, 1.82) is 0 Å². The van der Waals surface area contributed by atoms with Crippen molar-refractivity contribution < 1.29 is 14.7 Å². The van der Waals surface area contributed by atoms with Gasteiger partial charge < -0.3 is 10.4 Å². The molecule has 2 rings (SSSR count). The van der Waals surface area contributed by atoms with Gasteiger partial charge in [-0.1, -0.05) is 45.0 Å². The van der Waals surface area contributed by atoms with Crippen LogP contribution in [0.3, 0.4) is 0 Å². The molecule has 0 bridgehead atoms. The Morgan fingerprint density at radius 1 is 1.21 bits per heavy atom. The van der Waals surface area contributed by atoms with Gasteiger partial charge in [-0.2, -0.15) is 5.10 Å². The van der Waals surface area contributed by atoms with E-state index in [9.17, 15) is 9.59 Å². The average Bonchev–Trinajstić information content (AvgIpc) is 2.94. The number of nitrogens with zero attached hydrogens (tertiary/aromatic N) is 2. The van der Waals surface area contributed by atoms with Gasteiger partial charge in [0, 0.05) is 6.20 Å². The molecule has 0 aliphatic rings. The van der Waals surface area contributed by atoms with Crippen molar-refractivity contribution in [1.82, 2.24) is 15.1 Å². The van der Waals surface area contributed by atoms with Crippen LogP contribution in [0.4, 0.5) is 0 Å². The van der Waals surface area contributed by atoms with Crippen LogP contribution in [0.5, 0.6) is 0 Å². The number of hydrogen-bond donors (Lipinski definition) is 2. The van der Waals surface area contributed by atoms with Crippen LogP contribution >= 0.6 is 0 Å². The van der Waals surface area contributed by atoms with Crippen LogP contribution in [0.2, 0.25) is 0 Å². The zero-order chi connectivity index (χ0) is 17.9. The van der Waals surface area contributed by atoms with Crippen LogP contribution in [0, 0.1) is 0 Å². The third-order valence-corrected chi connectivity index (χ3v) is 3.88. The second-order valence-corrected chi connectivity index (χ2v) is 6.84. The predicted octanol–water partition coefficient (Wildman–Crippen LogP) is 2.76. The molecule has 1 amide bonds. The molecule has 0 aliphatic carbocycles. The summed E-state index contributed by atoms with van der Waals surface area (Å²) in [6, 6.07) is 9.33. The monoisotopic (exact) mass is 329 g/mol. The maximum absolute atomic E-state index is 12.1. The van der Waals surface area contributed by atoms with Gasteiger partial charge in [-0.25, -0.2) is 9.48 Å². The number of carboxylic acid groups (broad SMARTS) is 1. The molecule has 1 aromatic carbocycles. The molecule has 1 atom stereocenters. The smallest absolute Gasteiger partial charge is 0.354 e. The minimum absolute atomic E-state index is 0.00710. The highest BCUT2D eigenvalue weighted by Crippen LogP contribution is 2.23. The summed E-state index contributed by atoms with van der Waals surface area (Å²) in [6.45, 7) is 8.22. The Kier molecular flexibility index (Phi) is 5.07. The molecule has 24 heavy (non-hydrogen) atoms. The molecule has 0 saturated heterocycles. The molecule has 1 heterocycles. The van der Waals surface area contributed by atoms with E-state index in [1.54, 1.807) is 0 Å². The normalized spacial score (nSPS) is 12.7. The Hall–Kier alpha value is -2.63. The summed E-state index contributed by atoms with van der Waals surface area (Å²) in [5.74, 6) is -1.39. The van der Waals surface area contributed by atoms with Crippen LogP contribution in [0.15, 0.2) is 36.5 Å². The number of amides is 1. The van der Waals surface area contributed by atoms with E-state index in [1.807, 2.05) is 19.1 Å². The van der Waals surface area contributed by atoms with E-state index in [4.69, 9.17) is 5.11 Å². The van der Waals surface area contributed by atoms with Gasteiger partial charge in [0.2, 0.25) is 5.91 Å². The van der Waals surface area contributed by atoms with E-state index in [1.165, 1.54) is 22.5 Å². The Bertz CT molecular complexity index is 727. The molecule has 2 aromatic rings. The number of benzene rings is 1. The lowest BCUT2D eigenvalue weighted by molar-refractivity contribution is -0.122. The van der Waals surface area contributed by atoms with E-state index in [0.717, 1.165) is 5.56 Å².